The van der Waals surface area contributed by atoms with Crippen LogP contribution < -0.4 is 11.1 Å². The predicted molar refractivity (Wildman–Crippen MR) is 73.0 cm³/mol. The van der Waals surface area contributed by atoms with E-state index in [1.54, 1.807) is 24.3 Å². The van der Waals surface area contributed by atoms with Gasteiger partial charge in [-0.3, -0.25) is 4.79 Å². The molecule has 1 amide bonds. The molecule has 0 atom stereocenters. The van der Waals surface area contributed by atoms with Crippen LogP contribution in [0.15, 0.2) is 24.3 Å². The average Bonchev–Trinajstić information content (AvgIpc) is 2.39. The van der Waals surface area contributed by atoms with Gasteiger partial charge in [0.15, 0.2) is 0 Å². The van der Waals surface area contributed by atoms with E-state index < -0.39 is 5.97 Å². The van der Waals surface area contributed by atoms with Gasteiger partial charge in [0.25, 0.3) is 0 Å². The minimum Gasteiger partial charge on any atom is -0.478 e. The molecule has 0 radical (unpaired) electrons. The van der Waals surface area contributed by atoms with Crippen molar-refractivity contribution in [2.75, 3.05) is 13.1 Å². The van der Waals surface area contributed by atoms with Gasteiger partial charge in [-0.2, -0.15) is 0 Å². The van der Waals surface area contributed by atoms with Gasteiger partial charge in [0.1, 0.15) is 0 Å². The number of nitrogens with one attached hydrogen (secondary N) is 1. The fourth-order valence-electron chi connectivity index (χ4n) is 1.68. The first kappa shape index (κ1) is 15.2. The van der Waals surface area contributed by atoms with Crippen LogP contribution in [0.5, 0.6) is 0 Å². The van der Waals surface area contributed by atoms with Crippen molar-refractivity contribution in [1.29, 1.82) is 0 Å². The number of benzene rings is 1. The SMILES string of the molecule is NCCCCC(=O)NCCc1ccc(C(=O)O)cc1. The number of carbonyl (C=O) groups is 2. The number of carboxylic acids is 1. The second kappa shape index (κ2) is 8.26. The van der Waals surface area contributed by atoms with E-state index in [-0.39, 0.29) is 11.5 Å². The summed E-state index contributed by atoms with van der Waals surface area (Å²) in [6.07, 6.45) is 2.89. The summed E-state index contributed by atoms with van der Waals surface area (Å²) in [5.41, 5.74) is 6.63. The number of hydrogen-bond acceptors (Lipinski definition) is 3. The summed E-state index contributed by atoms with van der Waals surface area (Å²) in [5.74, 6) is -0.893. The molecule has 0 spiro atoms. The lowest BCUT2D eigenvalue weighted by molar-refractivity contribution is -0.121. The second-order valence-electron chi connectivity index (χ2n) is 4.35. The van der Waals surface area contributed by atoms with Crippen molar-refractivity contribution >= 4 is 11.9 Å². The quantitative estimate of drug-likeness (QED) is 0.615. The maximum atomic E-state index is 11.4. The third-order valence-corrected chi connectivity index (χ3v) is 2.79. The largest absolute Gasteiger partial charge is 0.478 e. The molecule has 0 saturated heterocycles. The molecular formula is C14H20N2O3. The fraction of sp³-hybridized carbons (Fsp3) is 0.429. The van der Waals surface area contributed by atoms with Crippen molar-refractivity contribution in [3.8, 4) is 0 Å². The van der Waals surface area contributed by atoms with Crippen molar-refractivity contribution in [3.05, 3.63) is 35.4 Å². The topological polar surface area (TPSA) is 92.4 Å². The molecule has 0 heterocycles. The zero-order valence-electron chi connectivity index (χ0n) is 10.9. The van der Waals surface area contributed by atoms with Crippen LogP contribution in [0.1, 0.15) is 35.2 Å². The lowest BCUT2D eigenvalue weighted by Gasteiger charge is -2.05. The van der Waals surface area contributed by atoms with Crippen LogP contribution in [0.25, 0.3) is 0 Å². The molecule has 0 saturated carbocycles. The van der Waals surface area contributed by atoms with Gasteiger partial charge in [-0.05, 0) is 43.5 Å². The summed E-state index contributed by atoms with van der Waals surface area (Å²) in [5, 5.41) is 11.6. The first-order valence-corrected chi connectivity index (χ1v) is 6.42. The number of nitrogens with two attached hydrogens (primary N) is 1. The maximum Gasteiger partial charge on any atom is 0.335 e. The summed E-state index contributed by atoms with van der Waals surface area (Å²) in [7, 11) is 0. The number of carboxylic acid groups (broad SMARTS) is 1. The summed E-state index contributed by atoms with van der Waals surface area (Å²) >= 11 is 0. The van der Waals surface area contributed by atoms with Crippen LogP contribution in [0.2, 0.25) is 0 Å². The van der Waals surface area contributed by atoms with Gasteiger partial charge in [-0.25, -0.2) is 4.79 Å². The average molecular weight is 264 g/mol. The monoisotopic (exact) mass is 264 g/mol. The van der Waals surface area contributed by atoms with Gasteiger partial charge < -0.3 is 16.2 Å². The molecular weight excluding hydrogens is 244 g/mol. The summed E-state index contributed by atoms with van der Waals surface area (Å²) in [6.45, 7) is 1.18. The van der Waals surface area contributed by atoms with E-state index in [2.05, 4.69) is 5.32 Å². The Kier molecular flexibility index (Phi) is 6.60. The van der Waals surface area contributed by atoms with Crippen molar-refractivity contribution < 1.29 is 14.7 Å². The van der Waals surface area contributed by atoms with E-state index in [0.717, 1.165) is 18.4 Å². The molecule has 5 heteroatoms. The standard InChI is InChI=1S/C14H20N2O3/c15-9-2-1-3-13(17)16-10-8-11-4-6-12(7-5-11)14(18)19/h4-7H,1-3,8-10,15H2,(H,16,17)(H,18,19). The molecule has 5 nitrogen and oxygen atoms in total. The Hall–Kier alpha value is -1.88. The first-order chi connectivity index (χ1) is 9.13. The number of rotatable bonds is 8. The molecule has 0 fully saturated rings. The smallest absolute Gasteiger partial charge is 0.335 e. The fourth-order valence-corrected chi connectivity index (χ4v) is 1.68. The third kappa shape index (κ3) is 6.01. The van der Waals surface area contributed by atoms with Crippen LogP contribution in [0, 0.1) is 0 Å². The zero-order valence-corrected chi connectivity index (χ0v) is 10.9. The van der Waals surface area contributed by atoms with Crippen molar-refractivity contribution in [2.45, 2.75) is 25.7 Å². The number of amides is 1. The highest BCUT2D eigenvalue weighted by Gasteiger charge is 2.03. The molecule has 19 heavy (non-hydrogen) atoms. The van der Waals surface area contributed by atoms with Crippen LogP contribution in [-0.2, 0) is 11.2 Å². The highest BCUT2D eigenvalue weighted by Crippen LogP contribution is 2.04. The molecule has 1 rings (SSSR count). The van der Waals surface area contributed by atoms with E-state index in [4.69, 9.17) is 10.8 Å². The summed E-state index contributed by atoms with van der Waals surface area (Å²) in [6, 6.07) is 6.68. The van der Waals surface area contributed by atoms with Gasteiger partial charge >= 0.3 is 5.97 Å². The lowest BCUT2D eigenvalue weighted by Crippen LogP contribution is -2.25. The molecule has 0 bridgehead atoms. The molecule has 0 aliphatic heterocycles. The Morgan fingerprint density at radius 1 is 1.16 bits per heavy atom. The zero-order chi connectivity index (χ0) is 14.1. The van der Waals surface area contributed by atoms with Gasteiger partial charge in [0, 0.05) is 13.0 Å². The minimum absolute atomic E-state index is 0.0376. The van der Waals surface area contributed by atoms with E-state index in [1.165, 1.54) is 0 Å². The predicted octanol–water partition coefficient (Wildman–Crippen LogP) is 1.17. The van der Waals surface area contributed by atoms with Crippen LogP contribution in [-0.4, -0.2) is 30.1 Å². The first-order valence-electron chi connectivity index (χ1n) is 6.42. The van der Waals surface area contributed by atoms with Crippen molar-refractivity contribution in [1.82, 2.24) is 5.32 Å². The minimum atomic E-state index is -0.931. The second-order valence-corrected chi connectivity index (χ2v) is 4.35. The van der Waals surface area contributed by atoms with Gasteiger partial charge in [0.05, 0.1) is 5.56 Å². The molecule has 104 valence electrons. The molecule has 0 aromatic heterocycles. The van der Waals surface area contributed by atoms with Gasteiger partial charge in [0.2, 0.25) is 5.91 Å². The highest BCUT2D eigenvalue weighted by molar-refractivity contribution is 5.87. The van der Waals surface area contributed by atoms with Crippen LogP contribution in [0.3, 0.4) is 0 Å². The van der Waals surface area contributed by atoms with E-state index >= 15 is 0 Å². The summed E-state index contributed by atoms with van der Waals surface area (Å²) in [4.78, 5) is 22.1. The number of unbranched alkanes of at least 4 members (excludes halogenated alkanes) is 1. The summed E-state index contributed by atoms with van der Waals surface area (Å²) < 4.78 is 0. The lowest BCUT2D eigenvalue weighted by atomic mass is 10.1. The number of carbonyl (C=O) groups excluding carboxylic acids is 1. The number of aromatic carboxylic acids is 1. The molecule has 0 aliphatic carbocycles. The Morgan fingerprint density at radius 2 is 1.84 bits per heavy atom. The van der Waals surface area contributed by atoms with E-state index in [9.17, 15) is 9.59 Å². The Morgan fingerprint density at radius 3 is 2.42 bits per heavy atom. The Balaban J connectivity index is 2.25. The van der Waals surface area contributed by atoms with E-state index in [1.807, 2.05) is 0 Å². The van der Waals surface area contributed by atoms with Gasteiger partial charge in [-0.1, -0.05) is 12.1 Å². The third-order valence-electron chi connectivity index (χ3n) is 2.79. The van der Waals surface area contributed by atoms with Crippen LogP contribution >= 0.6 is 0 Å². The van der Waals surface area contributed by atoms with E-state index in [0.29, 0.717) is 25.9 Å². The highest BCUT2D eigenvalue weighted by atomic mass is 16.4. The molecule has 1 aromatic rings. The molecule has 0 aliphatic rings. The van der Waals surface area contributed by atoms with Crippen molar-refractivity contribution in [2.24, 2.45) is 5.73 Å². The molecule has 0 unspecified atom stereocenters. The Bertz CT molecular complexity index is 415. The van der Waals surface area contributed by atoms with Gasteiger partial charge in [-0.15, -0.1) is 0 Å². The van der Waals surface area contributed by atoms with Crippen LogP contribution in [0.4, 0.5) is 0 Å². The normalized spacial score (nSPS) is 10.2. The molecule has 4 N–H and O–H groups in total. The Labute approximate surface area is 112 Å². The van der Waals surface area contributed by atoms with Crippen molar-refractivity contribution in [3.63, 3.8) is 0 Å². The maximum absolute atomic E-state index is 11.4. The number of hydrogen-bond donors (Lipinski definition) is 3. The molecule has 1 aromatic carbocycles.